The lowest BCUT2D eigenvalue weighted by Gasteiger charge is -2.12. The van der Waals surface area contributed by atoms with E-state index in [1.54, 1.807) is 24.3 Å². The molecule has 0 heterocycles. The Hall–Kier alpha value is -0.980. The van der Waals surface area contributed by atoms with Crippen molar-refractivity contribution in [3.05, 3.63) is 40.0 Å². The van der Waals surface area contributed by atoms with Crippen LogP contribution in [0.2, 0.25) is 0 Å². The van der Waals surface area contributed by atoms with Gasteiger partial charge in [0.05, 0.1) is 0 Å². The lowest BCUT2D eigenvalue weighted by atomic mass is 10.1. The van der Waals surface area contributed by atoms with Gasteiger partial charge in [0.2, 0.25) is 0 Å². The molecular weight excluding hydrogens is 344 g/mol. The van der Waals surface area contributed by atoms with Crippen LogP contribution in [0.15, 0.2) is 36.4 Å². The highest BCUT2D eigenvalue weighted by atomic mass is 127. The van der Waals surface area contributed by atoms with Gasteiger partial charge in [0.25, 0.3) is 0 Å². The number of fused-ring (bicyclic) bond motifs is 1. The largest absolute Gasteiger partial charge is 0.483 e. The number of rotatable bonds is 2. The maximum Gasteiger partial charge on any atom is 0.422 e. The number of alkyl halides is 3. The molecule has 0 fully saturated rings. The zero-order valence-corrected chi connectivity index (χ0v) is 10.7. The maximum atomic E-state index is 12.1. The van der Waals surface area contributed by atoms with Crippen molar-refractivity contribution >= 4 is 33.4 Å². The molecular formula is C12H8F3IO. The van der Waals surface area contributed by atoms with Gasteiger partial charge < -0.3 is 4.74 Å². The smallest absolute Gasteiger partial charge is 0.422 e. The number of benzene rings is 2. The van der Waals surface area contributed by atoms with E-state index in [9.17, 15) is 13.2 Å². The van der Waals surface area contributed by atoms with Crippen LogP contribution in [0, 0.1) is 3.57 Å². The first-order chi connectivity index (χ1) is 7.97. The normalized spacial score (nSPS) is 11.8. The highest BCUT2D eigenvalue weighted by molar-refractivity contribution is 14.1. The van der Waals surface area contributed by atoms with E-state index in [2.05, 4.69) is 22.6 Å². The number of halogens is 4. The van der Waals surface area contributed by atoms with Crippen LogP contribution in [0.1, 0.15) is 0 Å². The summed E-state index contributed by atoms with van der Waals surface area (Å²) in [6.45, 7) is -1.27. The highest BCUT2D eigenvalue weighted by Crippen LogP contribution is 2.30. The summed E-state index contributed by atoms with van der Waals surface area (Å²) >= 11 is 2.14. The number of hydrogen-bond acceptors (Lipinski definition) is 1. The molecule has 0 atom stereocenters. The maximum absolute atomic E-state index is 12.1. The zero-order chi connectivity index (χ0) is 12.5. The fourth-order valence-corrected chi connectivity index (χ4v) is 2.17. The Morgan fingerprint density at radius 1 is 1.00 bits per heavy atom. The van der Waals surface area contributed by atoms with E-state index in [1.165, 1.54) is 0 Å². The SMILES string of the molecule is FC(F)(F)COc1ccc(I)c2ccccc12. The molecule has 0 aliphatic rings. The summed E-state index contributed by atoms with van der Waals surface area (Å²) in [5.74, 6) is 0.262. The third kappa shape index (κ3) is 3.02. The number of hydrogen-bond donors (Lipinski definition) is 0. The molecule has 0 N–H and O–H groups in total. The quantitative estimate of drug-likeness (QED) is 0.729. The molecule has 2 aromatic rings. The summed E-state index contributed by atoms with van der Waals surface area (Å²) in [6, 6.07) is 10.5. The average molecular weight is 352 g/mol. The van der Waals surface area contributed by atoms with E-state index >= 15 is 0 Å². The first-order valence-electron chi connectivity index (χ1n) is 4.84. The van der Waals surface area contributed by atoms with Crippen molar-refractivity contribution in [2.75, 3.05) is 6.61 Å². The summed E-state index contributed by atoms with van der Waals surface area (Å²) < 4.78 is 42.1. The van der Waals surface area contributed by atoms with Crippen LogP contribution < -0.4 is 4.74 Å². The van der Waals surface area contributed by atoms with Gasteiger partial charge in [-0.05, 0) is 40.1 Å². The van der Waals surface area contributed by atoms with Crippen molar-refractivity contribution in [1.29, 1.82) is 0 Å². The van der Waals surface area contributed by atoms with Crippen LogP contribution in [0.3, 0.4) is 0 Å². The van der Waals surface area contributed by atoms with E-state index in [1.807, 2.05) is 12.1 Å². The van der Waals surface area contributed by atoms with E-state index < -0.39 is 12.8 Å². The van der Waals surface area contributed by atoms with Crippen molar-refractivity contribution in [2.24, 2.45) is 0 Å². The molecule has 90 valence electrons. The van der Waals surface area contributed by atoms with E-state index in [0.29, 0.717) is 5.39 Å². The highest BCUT2D eigenvalue weighted by Gasteiger charge is 2.28. The van der Waals surface area contributed by atoms with Crippen molar-refractivity contribution < 1.29 is 17.9 Å². The molecule has 5 heteroatoms. The molecule has 0 saturated heterocycles. The lowest BCUT2D eigenvalue weighted by molar-refractivity contribution is -0.153. The average Bonchev–Trinajstić information content (AvgIpc) is 2.27. The summed E-state index contributed by atoms with van der Waals surface area (Å²) in [5.41, 5.74) is 0. The van der Waals surface area contributed by atoms with Crippen LogP contribution in [-0.4, -0.2) is 12.8 Å². The molecule has 2 rings (SSSR count). The fraction of sp³-hybridized carbons (Fsp3) is 0.167. The molecule has 2 aromatic carbocycles. The summed E-state index contributed by atoms with van der Waals surface area (Å²) in [6.07, 6.45) is -4.32. The predicted molar refractivity (Wildman–Crippen MR) is 68.2 cm³/mol. The Bertz CT molecular complexity index is 537. The fourth-order valence-electron chi connectivity index (χ4n) is 1.52. The molecule has 0 bridgehead atoms. The molecule has 0 aliphatic heterocycles. The van der Waals surface area contributed by atoms with Crippen LogP contribution in [0.5, 0.6) is 5.75 Å². The molecule has 0 saturated carbocycles. The Kier molecular flexibility index (Phi) is 3.46. The van der Waals surface area contributed by atoms with Crippen molar-refractivity contribution in [1.82, 2.24) is 0 Å². The van der Waals surface area contributed by atoms with Gasteiger partial charge in [0.1, 0.15) is 5.75 Å². The lowest BCUT2D eigenvalue weighted by Crippen LogP contribution is -2.19. The van der Waals surface area contributed by atoms with Crippen LogP contribution in [-0.2, 0) is 0 Å². The second kappa shape index (κ2) is 4.72. The molecule has 0 amide bonds. The Labute approximate surface area is 110 Å². The second-order valence-corrected chi connectivity index (χ2v) is 4.66. The van der Waals surface area contributed by atoms with Gasteiger partial charge >= 0.3 is 6.18 Å². The summed E-state index contributed by atoms with van der Waals surface area (Å²) in [7, 11) is 0. The summed E-state index contributed by atoms with van der Waals surface area (Å²) in [4.78, 5) is 0. The minimum atomic E-state index is -4.32. The minimum absolute atomic E-state index is 0.262. The predicted octanol–water partition coefficient (Wildman–Crippen LogP) is 4.39. The topological polar surface area (TPSA) is 9.23 Å². The minimum Gasteiger partial charge on any atom is -0.483 e. The van der Waals surface area contributed by atoms with Crippen LogP contribution >= 0.6 is 22.6 Å². The molecule has 17 heavy (non-hydrogen) atoms. The first kappa shape index (κ1) is 12.5. The van der Waals surface area contributed by atoms with Gasteiger partial charge in [-0.1, -0.05) is 24.3 Å². The molecule has 0 radical (unpaired) electrons. The summed E-state index contributed by atoms with van der Waals surface area (Å²) in [5, 5.41) is 1.59. The molecule has 1 nitrogen and oxygen atoms in total. The van der Waals surface area contributed by atoms with E-state index in [0.717, 1.165) is 8.96 Å². The third-order valence-electron chi connectivity index (χ3n) is 2.22. The van der Waals surface area contributed by atoms with E-state index in [4.69, 9.17) is 4.74 Å². The van der Waals surface area contributed by atoms with E-state index in [-0.39, 0.29) is 5.75 Å². The molecule has 0 aliphatic carbocycles. The third-order valence-corrected chi connectivity index (χ3v) is 3.16. The second-order valence-electron chi connectivity index (χ2n) is 3.49. The Morgan fingerprint density at radius 2 is 1.65 bits per heavy atom. The Balaban J connectivity index is 2.38. The number of ether oxygens (including phenoxy) is 1. The van der Waals surface area contributed by atoms with Gasteiger partial charge in [0, 0.05) is 8.96 Å². The standard InChI is InChI=1S/C12H8F3IO/c13-12(14,15)7-17-11-6-5-10(16)8-3-1-2-4-9(8)11/h1-6H,7H2. The van der Waals surface area contributed by atoms with Gasteiger partial charge in [-0.2, -0.15) is 13.2 Å². The van der Waals surface area contributed by atoms with Crippen LogP contribution in [0.4, 0.5) is 13.2 Å². The van der Waals surface area contributed by atoms with Gasteiger partial charge in [-0.15, -0.1) is 0 Å². The van der Waals surface area contributed by atoms with Crippen molar-refractivity contribution in [3.8, 4) is 5.75 Å². The van der Waals surface area contributed by atoms with Gasteiger partial charge in [0.15, 0.2) is 6.61 Å². The van der Waals surface area contributed by atoms with Crippen LogP contribution in [0.25, 0.3) is 10.8 Å². The van der Waals surface area contributed by atoms with Gasteiger partial charge in [-0.3, -0.25) is 0 Å². The van der Waals surface area contributed by atoms with Gasteiger partial charge in [-0.25, -0.2) is 0 Å². The van der Waals surface area contributed by atoms with Crippen molar-refractivity contribution in [2.45, 2.75) is 6.18 Å². The van der Waals surface area contributed by atoms with Crippen molar-refractivity contribution in [3.63, 3.8) is 0 Å². The molecule has 0 aromatic heterocycles. The first-order valence-corrected chi connectivity index (χ1v) is 5.92. The molecule has 0 spiro atoms. The zero-order valence-electron chi connectivity index (χ0n) is 8.59. The monoisotopic (exact) mass is 352 g/mol. The Morgan fingerprint density at radius 3 is 2.29 bits per heavy atom. The molecule has 0 unspecified atom stereocenters.